The van der Waals surface area contributed by atoms with Crippen LogP contribution in [0.25, 0.3) is 0 Å². The third-order valence-electron chi connectivity index (χ3n) is 2.28. The molecule has 0 amide bonds. The molecule has 13 heavy (non-hydrogen) atoms. The van der Waals surface area contributed by atoms with E-state index in [1.54, 1.807) is 0 Å². The molecule has 0 bridgehead atoms. The van der Waals surface area contributed by atoms with E-state index in [4.69, 9.17) is 4.74 Å². The lowest BCUT2D eigenvalue weighted by Gasteiger charge is -2.30. The van der Waals surface area contributed by atoms with Crippen LogP contribution in [-0.2, 0) is 4.74 Å². The maximum atomic E-state index is 5.69. The largest absolute Gasteiger partial charge is 0.376 e. The summed E-state index contributed by atoms with van der Waals surface area (Å²) in [6, 6.07) is 0.461. The highest BCUT2D eigenvalue weighted by atomic mass is 16.5. The summed E-state index contributed by atoms with van der Waals surface area (Å²) < 4.78 is 5.69. The smallest absolute Gasteiger partial charge is 0.0853 e. The second-order valence-corrected chi connectivity index (χ2v) is 3.96. The van der Waals surface area contributed by atoms with Crippen LogP contribution < -0.4 is 0 Å². The van der Waals surface area contributed by atoms with Crippen LogP contribution >= 0.6 is 0 Å². The Bertz CT molecular complexity index is 126. The molecule has 0 N–H and O–H groups in total. The molecule has 0 aliphatic rings. The summed E-state index contributed by atoms with van der Waals surface area (Å²) in [6.07, 6.45) is 0.301. The van der Waals surface area contributed by atoms with Gasteiger partial charge in [0.2, 0.25) is 0 Å². The first kappa shape index (κ1) is 12.9. The van der Waals surface area contributed by atoms with E-state index < -0.39 is 0 Å². The van der Waals surface area contributed by atoms with Crippen LogP contribution in [-0.4, -0.2) is 63.3 Å². The molecule has 0 saturated heterocycles. The Labute approximate surface area is 82.7 Å². The normalized spacial score (nSPS) is 16.6. The van der Waals surface area contributed by atoms with Crippen molar-refractivity contribution in [2.75, 3.05) is 41.3 Å². The SMILES string of the molecule is CCOC(CN(C)C)C(C)N(C)C. The number of ether oxygens (including phenoxy) is 1. The summed E-state index contributed by atoms with van der Waals surface area (Å²) in [4.78, 5) is 4.37. The van der Waals surface area contributed by atoms with Gasteiger partial charge in [-0.3, -0.25) is 0 Å². The van der Waals surface area contributed by atoms with E-state index in [0.717, 1.165) is 13.2 Å². The first-order valence-electron chi connectivity index (χ1n) is 4.91. The van der Waals surface area contributed by atoms with Crippen LogP contribution in [0.2, 0.25) is 0 Å². The van der Waals surface area contributed by atoms with Crippen molar-refractivity contribution >= 4 is 0 Å². The predicted octanol–water partition coefficient (Wildman–Crippen LogP) is 0.903. The average Bonchev–Trinajstić information content (AvgIpc) is 2.01. The van der Waals surface area contributed by atoms with Gasteiger partial charge in [0.05, 0.1) is 6.10 Å². The van der Waals surface area contributed by atoms with Gasteiger partial charge in [-0.25, -0.2) is 0 Å². The summed E-state index contributed by atoms with van der Waals surface area (Å²) in [5.41, 5.74) is 0. The van der Waals surface area contributed by atoms with Crippen LogP contribution in [0.5, 0.6) is 0 Å². The zero-order valence-corrected chi connectivity index (χ0v) is 9.87. The Balaban J connectivity index is 4.06. The molecule has 0 fully saturated rings. The molecule has 3 nitrogen and oxygen atoms in total. The van der Waals surface area contributed by atoms with E-state index in [-0.39, 0.29) is 0 Å². The molecule has 2 atom stereocenters. The minimum absolute atomic E-state index is 0.301. The fraction of sp³-hybridized carbons (Fsp3) is 1.00. The Hall–Kier alpha value is -0.120. The Morgan fingerprint density at radius 2 is 1.69 bits per heavy atom. The Morgan fingerprint density at radius 3 is 2.00 bits per heavy atom. The molecule has 0 spiro atoms. The molecule has 0 aliphatic heterocycles. The lowest BCUT2D eigenvalue weighted by Crippen LogP contribution is -2.43. The number of likely N-dealkylation sites (N-methyl/N-ethyl adjacent to an activating group) is 2. The van der Waals surface area contributed by atoms with Gasteiger partial charge in [0.1, 0.15) is 0 Å². The fourth-order valence-corrected chi connectivity index (χ4v) is 1.25. The van der Waals surface area contributed by atoms with E-state index in [2.05, 4.69) is 44.9 Å². The van der Waals surface area contributed by atoms with Crippen LogP contribution in [0.4, 0.5) is 0 Å². The standard InChI is InChI=1S/C10H24N2O/c1-7-13-10(8-11(3)4)9(2)12(5)6/h9-10H,7-8H2,1-6H3. The molecular weight excluding hydrogens is 164 g/mol. The second kappa shape index (κ2) is 6.35. The highest BCUT2D eigenvalue weighted by molar-refractivity contribution is 4.74. The van der Waals surface area contributed by atoms with Gasteiger partial charge in [-0.05, 0) is 42.0 Å². The van der Waals surface area contributed by atoms with Crippen molar-refractivity contribution in [2.24, 2.45) is 0 Å². The van der Waals surface area contributed by atoms with Crippen LogP contribution in [0.15, 0.2) is 0 Å². The Kier molecular flexibility index (Phi) is 6.29. The van der Waals surface area contributed by atoms with Crippen LogP contribution in [0, 0.1) is 0 Å². The zero-order valence-electron chi connectivity index (χ0n) is 9.87. The summed E-state index contributed by atoms with van der Waals surface area (Å²) in [5.74, 6) is 0. The molecule has 0 heterocycles. The van der Waals surface area contributed by atoms with Gasteiger partial charge >= 0.3 is 0 Å². The summed E-state index contributed by atoms with van der Waals surface area (Å²) in [7, 11) is 8.33. The molecule has 0 rings (SSSR count). The highest BCUT2D eigenvalue weighted by Gasteiger charge is 2.19. The van der Waals surface area contributed by atoms with Gasteiger partial charge in [-0.15, -0.1) is 0 Å². The summed E-state index contributed by atoms with van der Waals surface area (Å²) >= 11 is 0. The third kappa shape index (κ3) is 5.24. The number of rotatable bonds is 6. The maximum Gasteiger partial charge on any atom is 0.0853 e. The highest BCUT2D eigenvalue weighted by Crippen LogP contribution is 2.05. The van der Waals surface area contributed by atoms with Crippen LogP contribution in [0.3, 0.4) is 0 Å². The Morgan fingerprint density at radius 1 is 1.15 bits per heavy atom. The molecule has 0 radical (unpaired) electrons. The molecule has 80 valence electrons. The van der Waals surface area contributed by atoms with Crippen molar-refractivity contribution < 1.29 is 4.74 Å². The van der Waals surface area contributed by atoms with Crippen molar-refractivity contribution in [3.63, 3.8) is 0 Å². The number of hydrogen-bond acceptors (Lipinski definition) is 3. The van der Waals surface area contributed by atoms with Crippen molar-refractivity contribution in [3.05, 3.63) is 0 Å². The summed E-state index contributed by atoms with van der Waals surface area (Å²) in [6.45, 7) is 6.01. The van der Waals surface area contributed by atoms with E-state index in [0.29, 0.717) is 12.1 Å². The first-order chi connectivity index (χ1) is 5.99. The minimum atomic E-state index is 0.301. The van der Waals surface area contributed by atoms with Crippen molar-refractivity contribution in [2.45, 2.75) is 26.0 Å². The summed E-state index contributed by atoms with van der Waals surface area (Å²) in [5, 5.41) is 0. The fourth-order valence-electron chi connectivity index (χ4n) is 1.25. The van der Waals surface area contributed by atoms with Crippen molar-refractivity contribution in [1.29, 1.82) is 0 Å². The van der Waals surface area contributed by atoms with E-state index in [1.165, 1.54) is 0 Å². The topological polar surface area (TPSA) is 15.7 Å². The quantitative estimate of drug-likeness (QED) is 0.616. The molecule has 0 saturated carbocycles. The molecule has 0 aromatic heterocycles. The zero-order chi connectivity index (χ0) is 10.4. The number of nitrogens with zero attached hydrogens (tertiary/aromatic N) is 2. The van der Waals surface area contributed by atoms with E-state index in [9.17, 15) is 0 Å². The lowest BCUT2D eigenvalue weighted by atomic mass is 10.1. The molecule has 2 unspecified atom stereocenters. The van der Waals surface area contributed by atoms with Gasteiger partial charge < -0.3 is 14.5 Å². The molecular formula is C10H24N2O. The van der Waals surface area contributed by atoms with Gasteiger partial charge in [-0.2, -0.15) is 0 Å². The van der Waals surface area contributed by atoms with Crippen molar-refractivity contribution in [3.8, 4) is 0 Å². The van der Waals surface area contributed by atoms with E-state index in [1.807, 2.05) is 6.92 Å². The van der Waals surface area contributed by atoms with Gasteiger partial charge in [-0.1, -0.05) is 0 Å². The molecule has 3 heteroatoms. The maximum absolute atomic E-state index is 5.69. The second-order valence-electron chi connectivity index (χ2n) is 3.96. The van der Waals surface area contributed by atoms with Gasteiger partial charge in [0.15, 0.2) is 0 Å². The lowest BCUT2D eigenvalue weighted by molar-refractivity contribution is -0.00290. The molecule has 0 aliphatic carbocycles. The minimum Gasteiger partial charge on any atom is -0.376 e. The molecule has 0 aromatic rings. The van der Waals surface area contributed by atoms with Gasteiger partial charge in [0, 0.05) is 19.2 Å². The van der Waals surface area contributed by atoms with Crippen LogP contribution in [0.1, 0.15) is 13.8 Å². The number of hydrogen-bond donors (Lipinski definition) is 0. The monoisotopic (exact) mass is 188 g/mol. The average molecular weight is 188 g/mol. The first-order valence-corrected chi connectivity index (χ1v) is 4.91. The van der Waals surface area contributed by atoms with Crippen molar-refractivity contribution in [1.82, 2.24) is 9.80 Å². The van der Waals surface area contributed by atoms with Gasteiger partial charge in [0.25, 0.3) is 0 Å². The third-order valence-corrected chi connectivity index (χ3v) is 2.28. The molecule has 0 aromatic carbocycles. The van der Waals surface area contributed by atoms with E-state index >= 15 is 0 Å². The predicted molar refractivity (Wildman–Crippen MR) is 57.1 cm³/mol.